The molecule has 1 heterocycles. The molecule has 0 bridgehead atoms. The van der Waals surface area contributed by atoms with Crippen LogP contribution in [0, 0.1) is 5.41 Å². The van der Waals surface area contributed by atoms with Crippen LogP contribution in [0.25, 0.3) is 0 Å². The number of likely N-dealkylation sites (tertiary alicyclic amines) is 1. The number of carbonyl (C=O) groups is 1. The van der Waals surface area contributed by atoms with E-state index in [1.54, 1.807) is 7.11 Å². The van der Waals surface area contributed by atoms with Crippen molar-refractivity contribution in [3.8, 4) is 0 Å². The van der Waals surface area contributed by atoms with Crippen molar-refractivity contribution in [3.05, 3.63) is 0 Å². The topological polar surface area (TPSA) is 29.5 Å². The second-order valence-corrected chi connectivity index (χ2v) is 4.68. The van der Waals surface area contributed by atoms with E-state index in [1.165, 1.54) is 0 Å². The lowest BCUT2D eigenvalue weighted by Crippen LogP contribution is -2.41. The fourth-order valence-corrected chi connectivity index (χ4v) is 1.70. The fraction of sp³-hybridized carbons (Fsp3) is 0.900. The molecule has 0 saturated carbocycles. The Morgan fingerprint density at radius 1 is 1.64 bits per heavy atom. The molecule has 1 aliphatic rings. The van der Waals surface area contributed by atoms with Crippen LogP contribution in [-0.4, -0.2) is 43.0 Å². The zero-order valence-electron chi connectivity index (χ0n) is 9.05. The van der Waals surface area contributed by atoms with Gasteiger partial charge in [-0.1, -0.05) is 0 Å². The number of halogens is 1. The molecule has 0 aromatic carbocycles. The van der Waals surface area contributed by atoms with Crippen molar-refractivity contribution in [2.75, 3.05) is 26.1 Å². The molecule has 0 spiro atoms. The molecule has 1 amide bonds. The van der Waals surface area contributed by atoms with Gasteiger partial charge >= 0.3 is 0 Å². The molecular weight excluding hydrogens is 202 g/mol. The lowest BCUT2D eigenvalue weighted by atomic mass is 9.94. The highest BCUT2D eigenvalue weighted by molar-refractivity contribution is 6.19. The van der Waals surface area contributed by atoms with Crippen molar-refractivity contribution in [3.63, 3.8) is 0 Å². The highest BCUT2D eigenvalue weighted by Gasteiger charge is 2.35. The van der Waals surface area contributed by atoms with Crippen LogP contribution in [0.4, 0.5) is 0 Å². The van der Waals surface area contributed by atoms with Crippen molar-refractivity contribution in [1.82, 2.24) is 4.90 Å². The number of carbonyl (C=O) groups excluding carboxylic acids is 1. The quantitative estimate of drug-likeness (QED) is 0.674. The smallest absolute Gasteiger partial charge is 0.229 e. The van der Waals surface area contributed by atoms with E-state index >= 15 is 0 Å². The third-order valence-corrected chi connectivity index (χ3v) is 3.35. The van der Waals surface area contributed by atoms with E-state index in [0.29, 0.717) is 12.4 Å². The van der Waals surface area contributed by atoms with Crippen molar-refractivity contribution in [1.29, 1.82) is 0 Å². The largest absolute Gasteiger partial charge is 0.380 e. The molecule has 1 aliphatic heterocycles. The SMILES string of the molecule is COC1CCN(C(=O)C(C)(C)CCl)C1. The number of hydrogen-bond donors (Lipinski definition) is 0. The van der Waals surface area contributed by atoms with Crippen LogP contribution in [0.15, 0.2) is 0 Å². The summed E-state index contributed by atoms with van der Waals surface area (Å²) in [6, 6.07) is 0. The minimum Gasteiger partial charge on any atom is -0.380 e. The van der Waals surface area contributed by atoms with Crippen LogP contribution in [-0.2, 0) is 9.53 Å². The average molecular weight is 220 g/mol. The Balaban J connectivity index is 2.55. The van der Waals surface area contributed by atoms with E-state index in [2.05, 4.69) is 0 Å². The molecule has 0 aromatic rings. The maximum absolute atomic E-state index is 11.9. The Hall–Kier alpha value is -0.280. The second kappa shape index (κ2) is 4.49. The van der Waals surface area contributed by atoms with Gasteiger partial charge in [0.2, 0.25) is 5.91 Å². The predicted octanol–water partition coefficient (Wildman–Crippen LogP) is 1.50. The van der Waals surface area contributed by atoms with Crippen LogP contribution >= 0.6 is 11.6 Å². The summed E-state index contributed by atoms with van der Waals surface area (Å²) in [7, 11) is 1.69. The summed E-state index contributed by atoms with van der Waals surface area (Å²) in [6.07, 6.45) is 1.13. The Morgan fingerprint density at radius 2 is 2.29 bits per heavy atom. The molecule has 1 fully saturated rings. The summed E-state index contributed by atoms with van der Waals surface area (Å²) < 4.78 is 5.21. The summed E-state index contributed by atoms with van der Waals surface area (Å²) in [6.45, 7) is 5.25. The Morgan fingerprint density at radius 3 is 2.71 bits per heavy atom. The maximum atomic E-state index is 11.9. The highest BCUT2D eigenvalue weighted by atomic mass is 35.5. The first kappa shape index (κ1) is 11.8. The van der Waals surface area contributed by atoms with Crippen molar-refractivity contribution in [2.45, 2.75) is 26.4 Å². The first-order chi connectivity index (χ1) is 6.51. The van der Waals surface area contributed by atoms with Crippen LogP contribution in [0.1, 0.15) is 20.3 Å². The Labute approximate surface area is 90.4 Å². The highest BCUT2D eigenvalue weighted by Crippen LogP contribution is 2.24. The van der Waals surface area contributed by atoms with Gasteiger partial charge in [0.05, 0.1) is 11.5 Å². The van der Waals surface area contributed by atoms with E-state index in [4.69, 9.17) is 16.3 Å². The molecule has 14 heavy (non-hydrogen) atoms. The number of amides is 1. The Kier molecular flexibility index (Phi) is 3.78. The molecule has 0 N–H and O–H groups in total. The summed E-state index contributed by atoms with van der Waals surface area (Å²) >= 11 is 5.76. The van der Waals surface area contributed by atoms with E-state index in [0.717, 1.165) is 13.0 Å². The molecule has 1 saturated heterocycles. The monoisotopic (exact) mass is 219 g/mol. The molecule has 0 aliphatic carbocycles. The summed E-state index contributed by atoms with van der Waals surface area (Å²) in [5.74, 6) is 0.493. The number of rotatable bonds is 3. The molecule has 3 nitrogen and oxygen atoms in total. The first-order valence-corrected chi connectivity index (χ1v) is 5.43. The van der Waals surface area contributed by atoms with Gasteiger partial charge in [-0.2, -0.15) is 0 Å². The number of ether oxygens (including phenoxy) is 1. The summed E-state index contributed by atoms with van der Waals surface area (Å²) in [4.78, 5) is 13.8. The standard InChI is InChI=1S/C10H18ClNO2/c1-10(2,7-11)9(13)12-5-4-8(6-12)14-3/h8H,4-7H2,1-3H3. The molecule has 82 valence electrons. The van der Waals surface area contributed by atoms with Crippen LogP contribution < -0.4 is 0 Å². The van der Waals surface area contributed by atoms with Gasteiger partial charge in [-0.25, -0.2) is 0 Å². The van der Waals surface area contributed by atoms with Crippen LogP contribution in [0.5, 0.6) is 0 Å². The maximum Gasteiger partial charge on any atom is 0.229 e. The van der Waals surface area contributed by atoms with Crippen LogP contribution in [0.3, 0.4) is 0 Å². The van der Waals surface area contributed by atoms with Gasteiger partial charge in [-0.3, -0.25) is 4.79 Å². The van der Waals surface area contributed by atoms with Gasteiger partial charge in [-0.05, 0) is 20.3 Å². The van der Waals surface area contributed by atoms with Gasteiger partial charge in [0.25, 0.3) is 0 Å². The number of hydrogen-bond acceptors (Lipinski definition) is 2. The van der Waals surface area contributed by atoms with Crippen molar-refractivity contribution >= 4 is 17.5 Å². The summed E-state index contributed by atoms with van der Waals surface area (Å²) in [5.41, 5.74) is -0.454. The lowest BCUT2D eigenvalue weighted by Gasteiger charge is -2.27. The number of methoxy groups -OCH3 is 1. The van der Waals surface area contributed by atoms with Gasteiger partial charge < -0.3 is 9.64 Å². The van der Waals surface area contributed by atoms with E-state index in [9.17, 15) is 4.79 Å². The number of alkyl halides is 1. The lowest BCUT2D eigenvalue weighted by molar-refractivity contribution is -0.138. The molecule has 4 heteroatoms. The van der Waals surface area contributed by atoms with E-state index in [-0.39, 0.29) is 12.0 Å². The molecule has 1 atom stereocenters. The second-order valence-electron chi connectivity index (χ2n) is 4.42. The molecule has 1 rings (SSSR count). The van der Waals surface area contributed by atoms with Crippen LogP contribution in [0.2, 0.25) is 0 Å². The fourth-order valence-electron chi connectivity index (χ4n) is 1.59. The predicted molar refractivity (Wildman–Crippen MR) is 56.5 cm³/mol. The zero-order chi connectivity index (χ0) is 10.8. The average Bonchev–Trinajstić information content (AvgIpc) is 2.64. The molecular formula is C10H18ClNO2. The first-order valence-electron chi connectivity index (χ1n) is 4.89. The minimum atomic E-state index is -0.454. The molecule has 1 unspecified atom stereocenters. The molecule has 0 radical (unpaired) electrons. The van der Waals surface area contributed by atoms with E-state index in [1.807, 2.05) is 18.7 Å². The minimum absolute atomic E-state index is 0.132. The normalized spacial score (nSPS) is 22.9. The third kappa shape index (κ3) is 2.39. The van der Waals surface area contributed by atoms with Gasteiger partial charge in [0, 0.05) is 26.1 Å². The van der Waals surface area contributed by atoms with Gasteiger partial charge in [-0.15, -0.1) is 11.6 Å². The molecule has 0 aromatic heterocycles. The third-order valence-electron chi connectivity index (χ3n) is 2.68. The van der Waals surface area contributed by atoms with E-state index < -0.39 is 5.41 Å². The van der Waals surface area contributed by atoms with Gasteiger partial charge in [0.1, 0.15) is 0 Å². The van der Waals surface area contributed by atoms with Gasteiger partial charge in [0.15, 0.2) is 0 Å². The number of nitrogens with zero attached hydrogens (tertiary/aromatic N) is 1. The Bertz CT molecular complexity index is 218. The zero-order valence-corrected chi connectivity index (χ0v) is 9.80. The van der Waals surface area contributed by atoms with Crippen molar-refractivity contribution < 1.29 is 9.53 Å². The van der Waals surface area contributed by atoms with Crippen molar-refractivity contribution in [2.24, 2.45) is 5.41 Å². The summed E-state index contributed by atoms with van der Waals surface area (Å²) in [5, 5.41) is 0.